The molecule has 0 amide bonds. The maximum absolute atomic E-state index is 9.36. The van der Waals surface area contributed by atoms with E-state index in [1.807, 2.05) is 12.1 Å². The smallest absolute Gasteiger partial charge is 0.0886 e. The van der Waals surface area contributed by atoms with Crippen LogP contribution in [-0.4, -0.2) is 37.5 Å². The topological polar surface area (TPSA) is 41.5 Å². The fraction of sp³-hybridized carbons (Fsp3) is 0.500. The monoisotopic (exact) mass is 311 g/mol. The Morgan fingerprint density at radius 3 is 2.78 bits per heavy atom. The molecule has 1 aliphatic rings. The average molecular weight is 313 g/mol. The van der Waals surface area contributed by atoms with Gasteiger partial charge in [-0.15, -0.1) is 12.4 Å². The van der Waals surface area contributed by atoms with Crippen molar-refractivity contribution < 1.29 is 9.84 Å². The summed E-state index contributed by atoms with van der Waals surface area (Å²) in [5, 5.41) is 13.7. The molecule has 18 heavy (non-hydrogen) atoms. The predicted molar refractivity (Wildman–Crippen MR) is 76.1 cm³/mol. The van der Waals surface area contributed by atoms with Crippen molar-refractivity contribution in [3.63, 3.8) is 0 Å². The molecule has 1 aromatic carbocycles. The van der Waals surface area contributed by atoms with E-state index in [0.29, 0.717) is 16.7 Å². The molecule has 2 N–H and O–H groups in total. The highest BCUT2D eigenvalue weighted by Crippen LogP contribution is 2.29. The minimum atomic E-state index is -0.192. The molecule has 2 rings (SSSR count). The van der Waals surface area contributed by atoms with Gasteiger partial charge in [0.2, 0.25) is 0 Å². The van der Waals surface area contributed by atoms with E-state index in [1.165, 1.54) is 0 Å². The second kappa shape index (κ2) is 7.53. The average Bonchev–Trinajstić information content (AvgIpc) is 2.57. The van der Waals surface area contributed by atoms with Gasteiger partial charge in [0.1, 0.15) is 0 Å². The molecule has 102 valence electrons. The van der Waals surface area contributed by atoms with Gasteiger partial charge in [-0.2, -0.15) is 0 Å². The van der Waals surface area contributed by atoms with Crippen molar-refractivity contribution >= 4 is 35.6 Å². The van der Waals surface area contributed by atoms with E-state index >= 15 is 0 Å². The number of aliphatic hydroxyl groups excluding tert-OH is 1. The lowest BCUT2D eigenvalue weighted by Gasteiger charge is -2.23. The second-order valence-electron chi connectivity index (χ2n) is 4.08. The Bertz CT molecular complexity index is 390. The van der Waals surface area contributed by atoms with E-state index in [-0.39, 0.29) is 31.0 Å². The Morgan fingerprint density at radius 1 is 1.33 bits per heavy atom. The second-order valence-corrected chi connectivity index (χ2v) is 4.89. The van der Waals surface area contributed by atoms with Crippen LogP contribution >= 0.6 is 35.6 Å². The minimum Gasteiger partial charge on any atom is -0.394 e. The summed E-state index contributed by atoms with van der Waals surface area (Å²) >= 11 is 11.9. The number of rotatable bonds is 2. The van der Waals surface area contributed by atoms with Crippen LogP contribution in [0.3, 0.4) is 0 Å². The Hall–Kier alpha value is -0.0300. The van der Waals surface area contributed by atoms with E-state index in [4.69, 9.17) is 27.9 Å². The van der Waals surface area contributed by atoms with Crippen LogP contribution in [0.25, 0.3) is 0 Å². The highest BCUT2D eigenvalue weighted by Gasteiger charge is 2.25. The van der Waals surface area contributed by atoms with Gasteiger partial charge in [-0.05, 0) is 17.7 Å². The van der Waals surface area contributed by atoms with E-state index in [0.717, 1.165) is 18.7 Å². The summed E-state index contributed by atoms with van der Waals surface area (Å²) < 4.78 is 5.60. The molecule has 1 aromatic rings. The van der Waals surface area contributed by atoms with Gasteiger partial charge in [-0.1, -0.05) is 29.3 Å². The molecule has 0 aliphatic carbocycles. The number of aliphatic hydroxyl groups is 1. The van der Waals surface area contributed by atoms with Gasteiger partial charge in [0.25, 0.3) is 0 Å². The fourth-order valence-electron chi connectivity index (χ4n) is 2.04. The van der Waals surface area contributed by atoms with Crippen LogP contribution in [0.1, 0.15) is 11.5 Å². The van der Waals surface area contributed by atoms with Crippen LogP contribution in [-0.2, 0) is 4.74 Å². The lowest BCUT2D eigenvalue weighted by atomic mass is 9.93. The Labute approximate surface area is 123 Å². The van der Waals surface area contributed by atoms with Crippen molar-refractivity contribution in [2.24, 2.45) is 0 Å². The zero-order valence-electron chi connectivity index (χ0n) is 9.73. The first-order valence-corrected chi connectivity index (χ1v) is 6.36. The standard InChI is InChI=1S/C12H15Cl2NO2.ClH/c13-10-2-1-8(5-11(10)14)9-6-15-3-4-17-12(9)7-16;/h1-2,5,9,12,15-16H,3-4,6-7H2;1H/t9-,12-;/m0./s1. The highest BCUT2D eigenvalue weighted by atomic mass is 35.5. The summed E-state index contributed by atoms with van der Waals surface area (Å²) in [6, 6.07) is 5.55. The summed E-state index contributed by atoms with van der Waals surface area (Å²) in [5.41, 5.74) is 1.04. The van der Waals surface area contributed by atoms with Crippen LogP contribution in [0.4, 0.5) is 0 Å². The number of halogens is 3. The molecular weight excluding hydrogens is 296 g/mol. The summed E-state index contributed by atoms with van der Waals surface area (Å²) in [4.78, 5) is 0. The number of ether oxygens (including phenoxy) is 1. The molecule has 1 heterocycles. The molecule has 1 fully saturated rings. The largest absolute Gasteiger partial charge is 0.394 e. The minimum absolute atomic E-state index is 0. The number of nitrogens with one attached hydrogen (secondary N) is 1. The summed E-state index contributed by atoms with van der Waals surface area (Å²) in [5.74, 6) is 0.0947. The quantitative estimate of drug-likeness (QED) is 0.881. The maximum Gasteiger partial charge on any atom is 0.0886 e. The van der Waals surface area contributed by atoms with Crippen molar-refractivity contribution in [1.82, 2.24) is 5.32 Å². The molecule has 6 heteroatoms. The van der Waals surface area contributed by atoms with Crippen molar-refractivity contribution in [2.75, 3.05) is 26.3 Å². The fourth-order valence-corrected chi connectivity index (χ4v) is 2.35. The van der Waals surface area contributed by atoms with Crippen LogP contribution in [0, 0.1) is 0 Å². The van der Waals surface area contributed by atoms with E-state index in [1.54, 1.807) is 6.07 Å². The van der Waals surface area contributed by atoms with Gasteiger partial charge in [0.15, 0.2) is 0 Å². The third-order valence-electron chi connectivity index (χ3n) is 2.98. The molecule has 1 saturated heterocycles. The Kier molecular flexibility index (Phi) is 6.71. The van der Waals surface area contributed by atoms with Crippen LogP contribution in [0.2, 0.25) is 10.0 Å². The maximum atomic E-state index is 9.36. The summed E-state index contributed by atoms with van der Waals surface area (Å²) in [6.45, 7) is 2.19. The first-order chi connectivity index (χ1) is 8.22. The van der Waals surface area contributed by atoms with E-state index in [9.17, 15) is 5.11 Å². The summed E-state index contributed by atoms with van der Waals surface area (Å²) in [7, 11) is 0. The van der Waals surface area contributed by atoms with Crippen molar-refractivity contribution in [2.45, 2.75) is 12.0 Å². The van der Waals surface area contributed by atoms with Crippen molar-refractivity contribution in [3.05, 3.63) is 33.8 Å². The molecule has 2 atom stereocenters. The van der Waals surface area contributed by atoms with Gasteiger partial charge < -0.3 is 15.2 Å². The Morgan fingerprint density at radius 2 is 2.11 bits per heavy atom. The van der Waals surface area contributed by atoms with Gasteiger partial charge in [0, 0.05) is 19.0 Å². The summed E-state index contributed by atoms with van der Waals surface area (Å²) in [6.07, 6.45) is -0.192. The molecule has 0 radical (unpaired) electrons. The molecule has 0 saturated carbocycles. The molecule has 0 aromatic heterocycles. The first-order valence-electron chi connectivity index (χ1n) is 5.60. The zero-order chi connectivity index (χ0) is 12.3. The van der Waals surface area contributed by atoms with Gasteiger partial charge in [0.05, 0.1) is 29.4 Å². The van der Waals surface area contributed by atoms with Crippen LogP contribution in [0.5, 0.6) is 0 Å². The van der Waals surface area contributed by atoms with Crippen molar-refractivity contribution in [3.8, 4) is 0 Å². The number of benzene rings is 1. The van der Waals surface area contributed by atoms with Crippen LogP contribution in [0.15, 0.2) is 18.2 Å². The third-order valence-corrected chi connectivity index (χ3v) is 3.71. The third kappa shape index (κ3) is 3.73. The van der Waals surface area contributed by atoms with Gasteiger partial charge in [-0.3, -0.25) is 0 Å². The van der Waals surface area contributed by atoms with Crippen molar-refractivity contribution in [1.29, 1.82) is 0 Å². The number of hydrogen-bond donors (Lipinski definition) is 2. The lowest BCUT2D eigenvalue weighted by molar-refractivity contribution is 0.0108. The molecule has 1 aliphatic heterocycles. The first kappa shape index (κ1) is 16.0. The molecule has 0 bridgehead atoms. The molecule has 0 unspecified atom stereocenters. The predicted octanol–water partition coefficient (Wildman–Crippen LogP) is 2.48. The SMILES string of the molecule is Cl.OC[C@@H]1OCCNC[C@H]1c1ccc(Cl)c(Cl)c1. The van der Waals surface area contributed by atoms with Gasteiger partial charge >= 0.3 is 0 Å². The zero-order valence-corrected chi connectivity index (χ0v) is 12.1. The number of hydrogen-bond acceptors (Lipinski definition) is 3. The van der Waals surface area contributed by atoms with Crippen LogP contribution < -0.4 is 5.32 Å². The molecule has 3 nitrogen and oxygen atoms in total. The Balaban J connectivity index is 0.00000162. The molecule has 0 spiro atoms. The lowest BCUT2D eigenvalue weighted by Crippen LogP contribution is -2.29. The van der Waals surface area contributed by atoms with Gasteiger partial charge in [-0.25, -0.2) is 0 Å². The molecular formula is C12H16Cl3NO2. The van der Waals surface area contributed by atoms with E-state index in [2.05, 4.69) is 5.32 Å². The highest BCUT2D eigenvalue weighted by molar-refractivity contribution is 6.42. The normalized spacial score (nSPS) is 24.2. The van der Waals surface area contributed by atoms with E-state index < -0.39 is 0 Å².